The normalized spacial score (nSPS) is 26.8. The molecule has 1 heterocycles. The molecular weight excluding hydrogens is 284 g/mol. The van der Waals surface area contributed by atoms with E-state index in [0.29, 0.717) is 6.61 Å². The van der Waals surface area contributed by atoms with Gasteiger partial charge in [-0.3, -0.25) is 0 Å². The maximum atomic E-state index is 9.85. The first-order valence-corrected chi connectivity index (χ1v) is 8.55. The highest BCUT2D eigenvalue weighted by molar-refractivity contribution is 4.87. The average Bonchev–Trinajstić information content (AvgIpc) is 2.84. The lowest BCUT2D eigenvalue weighted by Gasteiger charge is -2.20. The van der Waals surface area contributed by atoms with Gasteiger partial charge in [0, 0.05) is 6.61 Å². The van der Waals surface area contributed by atoms with E-state index >= 15 is 0 Å². The van der Waals surface area contributed by atoms with Crippen molar-refractivity contribution in [3.63, 3.8) is 0 Å². The summed E-state index contributed by atoms with van der Waals surface area (Å²) in [6.45, 7) is 2.99. The number of aliphatic hydroxyl groups is 3. The molecule has 0 aromatic rings. The maximum absolute atomic E-state index is 9.85. The average molecular weight is 316 g/mol. The molecule has 0 amide bonds. The summed E-state index contributed by atoms with van der Waals surface area (Å²) in [5, 5.41) is 28.8. The Kier molecular flexibility index (Phi) is 10.7. The molecule has 0 radical (unpaired) electrons. The van der Waals surface area contributed by atoms with Crippen LogP contribution in [0.1, 0.15) is 51.9 Å². The zero-order valence-corrected chi connectivity index (χ0v) is 13.7. The lowest BCUT2D eigenvalue weighted by atomic mass is 10.1. The molecule has 5 heteroatoms. The van der Waals surface area contributed by atoms with Crippen molar-refractivity contribution in [3.8, 4) is 0 Å². The summed E-state index contributed by atoms with van der Waals surface area (Å²) in [6.07, 6.45) is 8.97. The van der Waals surface area contributed by atoms with Crippen LogP contribution in [0, 0.1) is 0 Å². The van der Waals surface area contributed by atoms with Gasteiger partial charge < -0.3 is 24.8 Å². The molecule has 22 heavy (non-hydrogen) atoms. The lowest BCUT2D eigenvalue weighted by Crippen LogP contribution is -2.40. The van der Waals surface area contributed by atoms with Gasteiger partial charge in [0.25, 0.3) is 0 Å². The Morgan fingerprint density at radius 1 is 1.14 bits per heavy atom. The first-order valence-electron chi connectivity index (χ1n) is 8.55. The van der Waals surface area contributed by atoms with Crippen LogP contribution in [0.5, 0.6) is 0 Å². The third-order valence-electron chi connectivity index (χ3n) is 3.89. The van der Waals surface area contributed by atoms with Gasteiger partial charge in [-0.15, -0.1) is 0 Å². The van der Waals surface area contributed by atoms with Crippen LogP contribution in [0.3, 0.4) is 0 Å². The fraction of sp³-hybridized carbons (Fsp3) is 0.882. The van der Waals surface area contributed by atoms with E-state index in [1.165, 1.54) is 25.7 Å². The van der Waals surface area contributed by atoms with E-state index in [9.17, 15) is 15.3 Å². The summed E-state index contributed by atoms with van der Waals surface area (Å²) in [5.74, 6) is 0. The second-order valence-electron chi connectivity index (χ2n) is 5.96. The number of hydrogen-bond acceptors (Lipinski definition) is 5. The van der Waals surface area contributed by atoms with Crippen LogP contribution in [0.15, 0.2) is 12.2 Å². The molecule has 0 unspecified atom stereocenters. The monoisotopic (exact) mass is 316 g/mol. The molecule has 1 fully saturated rings. The van der Waals surface area contributed by atoms with E-state index in [0.717, 1.165) is 19.3 Å². The van der Waals surface area contributed by atoms with Crippen LogP contribution < -0.4 is 0 Å². The summed E-state index contributed by atoms with van der Waals surface area (Å²) in [5.41, 5.74) is 0. The van der Waals surface area contributed by atoms with Gasteiger partial charge in [0.05, 0.1) is 13.2 Å². The van der Waals surface area contributed by atoms with Crippen molar-refractivity contribution in [1.82, 2.24) is 0 Å². The van der Waals surface area contributed by atoms with Gasteiger partial charge in [-0.1, -0.05) is 38.3 Å². The van der Waals surface area contributed by atoms with Crippen LogP contribution in [-0.2, 0) is 9.47 Å². The molecule has 1 aliphatic heterocycles. The van der Waals surface area contributed by atoms with Crippen molar-refractivity contribution in [2.75, 3.05) is 19.8 Å². The maximum Gasteiger partial charge on any atom is 0.114 e. The highest BCUT2D eigenvalue weighted by Gasteiger charge is 2.39. The number of ether oxygens (including phenoxy) is 2. The highest BCUT2D eigenvalue weighted by atomic mass is 16.5. The van der Waals surface area contributed by atoms with E-state index in [-0.39, 0.29) is 13.2 Å². The number of rotatable bonds is 12. The van der Waals surface area contributed by atoms with Gasteiger partial charge in [-0.05, 0) is 25.7 Å². The van der Waals surface area contributed by atoms with Crippen molar-refractivity contribution < 1.29 is 24.8 Å². The molecule has 0 aliphatic carbocycles. The zero-order chi connectivity index (χ0) is 16.2. The molecule has 0 aromatic heterocycles. The Morgan fingerprint density at radius 3 is 2.55 bits per heavy atom. The second kappa shape index (κ2) is 12.0. The highest BCUT2D eigenvalue weighted by Crippen LogP contribution is 2.17. The second-order valence-corrected chi connectivity index (χ2v) is 5.96. The van der Waals surface area contributed by atoms with Gasteiger partial charge in [0.15, 0.2) is 0 Å². The van der Waals surface area contributed by atoms with E-state index in [4.69, 9.17) is 9.47 Å². The first kappa shape index (κ1) is 19.6. The molecule has 5 nitrogen and oxygen atoms in total. The number of allylic oxidation sites excluding steroid dienone is 2. The third kappa shape index (κ3) is 7.70. The largest absolute Gasteiger partial charge is 0.388 e. The summed E-state index contributed by atoms with van der Waals surface area (Å²) in [4.78, 5) is 0. The quantitative estimate of drug-likeness (QED) is 0.378. The van der Waals surface area contributed by atoms with Crippen molar-refractivity contribution in [3.05, 3.63) is 12.2 Å². The third-order valence-corrected chi connectivity index (χ3v) is 3.89. The number of hydrogen-bond donors (Lipinski definition) is 3. The van der Waals surface area contributed by atoms with Gasteiger partial charge in [0.2, 0.25) is 0 Å². The summed E-state index contributed by atoms with van der Waals surface area (Å²) in [6, 6.07) is 0. The number of aliphatic hydroxyl groups excluding tert-OH is 3. The molecule has 0 saturated carbocycles. The van der Waals surface area contributed by atoms with Crippen LogP contribution in [0.4, 0.5) is 0 Å². The Balaban J connectivity index is 1.91. The fourth-order valence-corrected chi connectivity index (χ4v) is 2.49. The minimum atomic E-state index is -1.03. The van der Waals surface area contributed by atoms with Gasteiger partial charge >= 0.3 is 0 Å². The molecule has 1 rings (SSSR count). The van der Waals surface area contributed by atoms with Crippen LogP contribution in [-0.4, -0.2) is 59.6 Å². The summed E-state index contributed by atoms with van der Waals surface area (Å²) in [7, 11) is 0. The smallest absolute Gasteiger partial charge is 0.114 e. The Hall–Kier alpha value is -0.460. The minimum Gasteiger partial charge on any atom is -0.388 e. The molecule has 1 saturated heterocycles. The van der Waals surface area contributed by atoms with Gasteiger partial charge in [-0.2, -0.15) is 0 Å². The summed E-state index contributed by atoms with van der Waals surface area (Å²) < 4.78 is 10.6. The Bertz CT molecular complexity index is 295. The van der Waals surface area contributed by atoms with Crippen molar-refractivity contribution in [2.24, 2.45) is 0 Å². The standard InChI is InChI=1S/C17H32O5/c1-2-3-4-5-6-7-8-9-10-11-21-12-15(19)17-16(20)14(18)13-22-17/h4-5,14-20H,2-3,6-13H2,1H3/b5-4+/t14-,15+,16+,17+/m0/s1. The SMILES string of the molecule is CCC/C=C/CCCCCCOC[C@@H](O)[C@H]1OC[C@H](O)[C@H]1O. The fourth-order valence-electron chi connectivity index (χ4n) is 2.49. The van der Waals surface area contributed by atoms with Crippen LogP contribution in [0.2, 0.25) is 0 Å². The molecule has 130 valence electrons. The van der Waals surface area contributed by atoms with Gasteiger partial charge in [-0.25, -0.2) is 0 Å². The Morgan fingerprint density at radius 2 is 1.86 bits per heavy atom. The molecule has 3 N–H and O–H groups in total. The molecule has 1 aliphatic rings. The summed E-state index contributed by atoms with van der Waals surface area (Å²) >= 11 is 0. The minimum absolute atomic E-state index is 0.0651. The zero-order valence-electron chi connectivity index (χ0n) is 13.7. The van der Waals surface area contributed by atoms with E-state index in [1.807, 2.05) is 0 Å². The lowest BCUT2D eigenvalue weighted by molar-refractivity contribution is -0.0813. The van der Waals surface area contributed by atoms with E-state index < -0.39 is 24.4 Å². The van der Waals surface area contributed by atoms with E-state index in [2.05, 4.69) is 19.1 Å². The molecule has 4 atom stereocenters. The van der Waals surface area contributed by atoms with Crippen LogP contribution in [0.25, 0.3) is 0 Å². The van der Waals surface area contributed by atoms with Crippen LogP contribution >= 0.6 is 0 Å². The van der Waals surface area contributed by atoms with Gasteiger partial charge in [0.1, 0.15) is 24.4 Å². The molecule has 0 bridgehead atoms. The number of unbranched alkanes of at least 4 members (excludes halogenated alkanes) is 5. The predicted molar refractivity (Wildman–Crippen MR) is 85.7 cm³/mol. The molecule has 0 aromatic carbocycles. The van der Waals surface area contributed by atoms with Crippen molar-refractivity contribution in [2.45, 2.75) is 76.3 Å². The predicted octanol–water partition coefficient (Wildman–Crippen LogP) is 1.79. The first-order chi connectivity index (χ1) is 10.7. The molecule has 0 spiro atoms. The van der Waals surface area contributed by atoms with E-state index in [1.54, 1.807) is 0 Å². The molecular formula is C17H32O5. The van der Waals surface area contributed by atoms with Crippen molar-refractivity contribution >= 4 is 0 Å². The Labute approximate surface area is 133 Å². The van der Waals surface area contributed by atoms with Crippen molar-refractivity contribution in [1.29, 1.82) is 0 Å². The topological polar surface area (TPSA) is 79.2 Å².